The van der Waals surface area contributed by atoms with Gasteiger partial charge < -0.3 is 5.11 Å². The van der Waals surface area contributed by atoms with Crippen LogP contribution in [0.1, 0.15) is 25.3 Å². The molecule has 1 unspecified atom stereocenters. The molecule has 0 aromatic heterocycles. The summed E-state index contributed by atoms with van der Waals surface area (Å²) in [6.07, 6.45) is 2.37. The fraction of sp³-hybridized carbons (Fsp3) is 0.357. The summed E-state index contributed by atoms with van der Waals surface area (Å²) in [5, 5.41) is 12.1. The quantitative estimate of drug-likeness (QED) is 0.889. The summed E-state index contributed by atoms with van der Waals surface area (Å²) >= 11 is 5.87. The molecule has 1 heterocycles. The normalized spacial score (nSPS) is 16.9. The molecule has 5 heteroatoms. The van der Waals surface area contributed by atoms with Crippen molar-refractivity contribution in [2.24, 2.45) is 0 Å². The molecule has 1 aromatic carbocycles. The molecule has 19 heavy (non-hydrogen) atoms. The molecule has 102 valence electrons. The lowest BCUT2D eigenvalue weighted by molar-refractivity contribution is -0.124. The molecule has 0 fully saturated rings. The summed E-state index contributed by atoms with van der Waals surface area (Å²) < 4.78 is 0. The minimum absolute atomic E-state index is 0.0685. The average molecular weight is 281 g/mol. The number of rotatable bonds is 4. The standard InChI is InChI=1S/C14H17ClN2O2/c1-2-12(18)9-17-13(7-8-14(19)16-17)10-3-5-11(15)6-4-10/h3-7,12,18H,2,8-9H2,1H3,(H,16,19). The van der Waals surface area contributed by atoms with Crippen molar-refractivity contribution in [1.82, 2.24) is 10.4 Å². The molecule has 1 atom stereocenters. The van der Waals surface area contributed by atoms with Gasteiger partial charge in [-0.05, 0) is 30.2 Å². The molecule has 0 saturated heterocycles. The van der Waals surface area contributed by atoms with Gasteiger partial charge in [-0.2, -0.15) is 0 Å². The lowest BCUT2D eigenvalue weighted by atomic mass is 10.1. The number of halogens is 1. The smallest absolute Gasteiger partial charge is 0.242 e. The molecular weight excluding hydrogens is 264 g/mol. The molecule has 1 aromatic rings. The fourth-order valence-electron chi connectivity index (χ4n) is 1.93. The van der Waals surface area contributed by atoms with Crippen LogP contribution < -0.4 is 5.43 Å². The van der Waals surface area contributed by atoms with Crippen molar-refractivity contribution in [1.29, 1.82) is 0 Å². The third-order valence-corrected chi connectivity index (χ3v) is 3.29. The SMILES string of the molecule is CCC(O)CN1NC(=O)CC=C1c1ccc(Cl)cc1. The highest BCUT2D eigenvalue weighted by molar-refractivity contribution is 6.30. The van der Waals surface area contributed by atoms with Gasteiger partial charge in [0.1, 0.15) is 0 Å². The monoisotopic (exact) mass is 280 g/mol. The van der Waals surface area contributed by atoms with E-state index in [1.807, 2.05) is 37.3 Å². The number of nitrogens with one attached hydrogen (secondary N) is 1. The molecule has 0 aliphatic carbocycles. The van der Waals surface area contributed by atoms with Crippen LogP contribution in [0.2, 0.25) is 5.02 Å². The Bertz CT molecular complexity index is 485. The summed E-state index contributed by atoms with van der Waals surface area (Å²) in [5.74, 6) is -0.0685. The van der Waals surface area contributed by atoms with Crippen LogP contribution in [0.5, 0.6) is 0 Å². The molecule has 2 N–H and O–H groups in total. The Hall–Kier alpha value is -1.52. The van der Waals surface area contributed by atoms with Crippen LogP contribution in [0.25, 0.3) is 5.70 Å². The number of hydrazine groups is 1. The van der Waals surface area contributed by atoms with Crippen LogP contribution >= 0.6 is 11.6 Å². The molecule has 2 rings (SSSR count). The number of carbonyl (C=O) groups excluding carboxylic acids is 1. The topological polar surface area (TPSA) is 52.6 Å². The van der Waals surface area contributed by atoms with Gasteiger partial charge in [0.25, 0.3) is 0 Å². The number of carbonyl (C=O) groups is 1. The van der Waals surface area contributed by atoms with E-state index < -0.39 is 6.10 Å². The predicted octanol–water partition coefficient (Wildman–Crippen LogP) is 2.19. The Morgan fingerprint density at radius 2 is 2.11 bits per heavy atom. The maximum Gasteiger partial charge on any atom is 0.242 e. The number of amides is 1. The third-order valence-electron chi connectivity index (χ3n) is 3.04. The minimum atomic E-state index is -0.478. The van der Waals surface area contributed by atoms with Gasteiger partial charge in [-0.1, -0.05) is 30.7 Å². The van der Waals surface area contributed by atoms with E-state index in [-0.39, 0.29) is 5.91 Å². The van der Waals surface area contributed by atoms with E-state index >= 15 is 0 Å². The zero-order valence-electron chi connectivity index (χ0n) is 10.8. The van der Waals surface area contributed by atoms with Gasteiger partial charge in [-0.15, -0.1) is 0 Å². The van der Waals surface area contributed by atoms with Crippen LogP contribution in [0, 0.1) is 0 Å². The summed E-state index contributed by atoms with van der Waals surface area (Å²) in [7, 11) is 0. The first kappa shape index (κ1) is 13.9. The van der Waals surface area contributed by atoms with Gasteiger partial charge in [0.05, 0.1) is 18.3 Å². The van der Waals surface area contributed by atoms with Crippen LogP contribution in [0.15, 0.2) is 30.3 Å². The summed E-state index contributed by atoms with van der Waals surface area (Å²) in [6, 6.07) is 7.42. The third kappa shape index (κ3) is 3.49. The Morgan fingerprint density at radius 1 is 1.42 bits per heavy atom. The highest BCUT2D eigenvalue weighted by Crippen LogP contribution is 2.23. The second-order valence-corrected chi connectivity index (χ2v) is 4.94. The number of β-amino-alcohol motifs (C(OH)–C–C–N with tert-alkyl or cyclic N) is 1. The first-order chi connectivity index (χ1) is 9.10. The van der Waals surface area contributed by atoms with Crippen molar-refractivity contribution < 1.29 is 9.90 Å². The zero-order chi connectivity index (χ0) is 13.8. The second-order valence-electron chi connectivity index (χ2n) is 4.51. The first-order valence-corrected chi connectivity index (χ1v) is 6.69. The first-order valence-electron chi connectivity index (χ1n) is 6.31. The number of aliphatic hydroxyl groups is 1. The molecular formula is C14H17ClN2O2. The Morgan fingerprint density at radius 3 is 2.74 bits per heavy atom. The van der Waals surface area contributed by atoms with E-state index in [0.717, 1.165) is 11.3 Å². The molecule has 0 bridgehead atoms. The lowest BCUT2D eigenvalue weighted by Gasteiger charge is -2.32. The van der Waals surface area contributed by atoms with E-state index in [9.17, 15) is 9.90 Å². The fourth-order valence-corrected chi connectivity index (χ4v) is 2.06. The van der Waals surface area contributed by atoms with E-state index in [1.165, 1.54) is 0 Å². The van der Waals surface area contributed by atoms with E-state index in [0.29, 0.717) is 24.4 Å². The van der Waals surface area contributed by atoms with Crippen molar-refractivity contribution in [3.8, 4) is 0 Å². The largest absolute Gasteiger partial charge is 0.391 e. The van der Waals surface area contributed by atoms with Gasteiger partial charge in [-0.3, -0.25) is 15.2 Å². The molecule has 0 radical (unpaired) electrons. The summed E-state index contributed by atoms with van der Waals surface area (Å²) in [5.41, 5.74) is 4.64. The van der Waals surface area contributed by atoms with Crippen LogP contribution in [0.3, 0.4) is 0 Å². The molecule has 1 aliphatic rings. The summed E-state index contributed by atoms with van der Waals surface area (Å²) in [4.78, 5) is 11.5. The molecule has 1 amide bonds. The highest BCUT2D eigenvalue weighted by atomic mass is 35.5. The maximum atomic E-state index is 11.5. The van der Waals surface area contributed by atoms with Crippen LogP contribution in [0.4, 0.5) is 0 Å². The van der Waals surface area contributed by atoms with E-state index in [4.69, 9.17) is 11.6 Å². The highest BCUT2D eigenvalue weighted by Gasteiger charge is 2.21. The van der Waals surface area contributed by atoms with Crippen molar-refractivity contribution in [3.63, 3.8) is 0 Å². The van der Waals surface area contributed by atoms with E-state index in [1.54, 1.807) is 5.01 Å². The van der Waals surface area contributed by atoms with Crippen molar-refractivity contribution in [3.05, 3.63) is 40.9 Å². The Kier molecular flexibility index (Phi) is 4.45. The average Bonchev–Trinajstić information content (AvgIpc) is 2.40. The van der Waals surface area contributed by atoms with Gasteiger partial charge in [0.15, 0.2) is 0 Å². The van der Waals surface area contributed by atoms with Crippen molar-refractivity contribution >= 4 is 23.2 Å². The molecule has 1 aliphatic heterocycles. The minimum Gasteiger partial charge on any atom is -0.391 e. The Labute approximate surface area is 117 Å². The van der Waals surface area contributed by atoms with Gasteiger partial charge in [-0.25, -0.2) is 0 Å². The maximum absolute atomic E-state index is 11.5. The number of nitrogens with zero attached hydrogens (tertiary/aromatic N) is 1. The van der Waals surface area contributed by atoms with Crippen LogP contribution in [-0.2, 0) is 4.79 Å². The van der Waals surface area contributed by atoms with Gasteiger partial charge >= 0.3 is 0 Å². The number of hydrogen-bond donors (Lipinski definition) is 2. The number of aliphatic hydroxyl groups excluding tert-OH is 1. The predicted molar refractivity (Wildman–Crippen MR) is 75.2 cm³/mol. The number of benzene rings is 1. The molecule has 0 saturated carbocycles. The lowest BCUT2D eigenvalue weighted by Crippen LogP contribution is -2.46. The van der Waals surface area contributed by atoms with Crippen LogP contribution in [-0.4, -0.2) is 28.7 Å². The van der Waals surface area contributed by atoms with Crippen molar-refractivity contribution in [2.75, 3.05) is 6.54 Å². The van der Waals surface area contributed by atoms with Crippen molar-refractivity contribution in [2.45, 2.75) is 25.9 Å². The van der Waals surface area contributed by atoms with Gasteiger partial charge in [0, 0.05) is 11.4 Å². The second kappa shape index (κ2) is 6.08. The zero-order valence-corrected chi connectivity index (χ0v) is 11.5. The molecule has 4 nitrogen and oxygen atoms in total. The molecule has 0 spiro atoms. The summed E-state index contributed by atoms with van der Waals surface area (Å²) in [6.45, 7) is 2.28. The number of hydrogen-bond acceptors (Lipinski definition) is 3. The Balaban J connectivity index is 2.24. The van der Waals surface area contributed by atoms with E-state index in [2.05, 4.69) is 5.43 Å². The van der Waals surface area contributed by atoms with Gasteiger partial charge in [0.2, 0.25) is 5.91 Å².